The molecule has 96 valence electrons. The zero-order valence-electron chi connectivity index (χ0n) is 10.1. The van der Waals surface area contributed by atoms with Crippen molar-refractivity contribution < 1.29 is 4.74 Å². The molecule has 0 amide bonds. The molecular formula is C13H16ClN3O. The lowest BCUT2D eigenvalue weighted by molar-refractivity contribution is 0.299. The van der Waals surface area contributed by atoms with Crippen LogP contribution in [-0.2, 0) is 13.1 Å². The number of nitrogens with zero attached hydrogens (tertiary/aromatic N) is 2. The number of ether oxygens (including phenoxy) is 1. The van der Waals surface area contributed by atoms with Gasteiger partial charge in [0.15, 0.2) is 0 Å². The standard InChI is InChI=1S/C13H16ClN3O/c14-12-3-2-11(9-15)13(8-12)18-7-1-5-17-6-4-16-10-17/h2-4,6,8,10H,1,5,7,9,15H2. The Bertz CT molecular complexity index is 485. The fourth-order valence-electron chi connectivity index (χ4n) is 1.68. The number of rotatable bonds is 6. The van der Waals surface area contributed by atoms with Crippen molar-refractivity contribution in [1.82, 2.24) is 9.55 Å². The van der Waals surface area contributed by atoms with E-state index in [9.17, 15) is 0 Å². The Labute approximate surface area is 111 Å². The molecule has 0 saturated heterocycles. The summed E-state index contributed by atoms with van der Waals surface area (Å²) in [5.74, 6) is 0.774. The highest BCUT2D eigenvalue weighted by molar-refractivity contribution is 6.30. The smallest absolute Gasteiger partial charge is 0.125 e. The Kier molecular flexibility index (Phi) is 4.61. The zero-order chi connectivity index (χ0) is 12.8. The van der Waals surface area contributed by atoms with Crippen molar-refractivity contribution >= 4 is 11.6 Å². The van der Waals surface area contributed by atoms with Gasteiger partial charge < -0.3 is 15.0 Å². The van der Waals surface area contributed by atoms with Crippen LogP contribution >= 0.6 is 11.6 Å². The lowest BCUT2D eigenvalue weighted by Gasteiger charge is -2.11. The second-order valence-corrected chi connectivity index (χ2v) is 4.40. The fraction of sp³-hybridized carbons (Fsp3) is 0.308. The first kappa shape index (κ1) is 12.9. The summed E-state index contributed by atoms with van der Waals surface area (Å²) >= 11 is 5.93. The first-order valence-electron chi connectivity index (χ1n) is 5.86. The molecule has 0 aliphatic carbocycles. The molecule has 0 spiro atoms. The summed E-state index contributed by atoms with van der Waals surface area (Å²) in [6.07, 6.45) is 6.41. The minimum atomic E-state index is 0.452. The molecule has 0 radical (unpaired) electrons. The van der Waals surface area contributed by atoms with Gasteiger partial charge in [-0.15, -0.1) is 0 Å². The number of hydrogen-bond acceptors (Lipinski definition) is 3. The van der Waals surface area contributed by atoms with E-state index in [2.05, 4.69) is 4.98 Å². The zero-order valence-corrected chi connectivity index (χ0v) is 10.8. The molecule has 2 rings (SSSR count). The number of nitrogens with two attached hydrogens (primary N) is 1. The molecule has 1 heterocycles. The van der Waals surface area contributed by atoms with Crippen molar-refractivity contribution in [2.45, 2.75) is 19.5 Å². The van der Waals surface area contributed by atoms with E-state index in [1.807, 2.05) is 22.9 Å². The van der Waals surface area contributed by atoms with Gasteiger partial charge in [0.05, 0.1) is 12.9 Å². The van der Waals surface area contributed by atoms with Crippen LogP contribution < -0.4 is 10.5 Å². The van der Waals surface area contributed by atoms with Crippen molar-refractivity contribution in [2.75, 3.05) is 6.61 Å². The third-order valence-electron chi connectivity index (χ3n) is 2.63. The first-order valence-corrected chi connectivity index (χ1v) is 6.24. The maximum absolute atomic E-state index is 5.93. The molecule has 0 aliphatic rings. The van der Waals surface area contributed by atoms with Crippen LogP contribution in [0.4, 0.5) is 0 Å². The van der Waals surface area contributed by atoms with Gasteiger partial charge in [-0.1, -0.05) is 17.7 Å². The van der Waals surface area contributed by atoms with Crippen LogP contribution in [0.5, 0.6) is 5.75 Å². The van der Waals surface area contributed by atoms with Crippen LogP contribution in [0.3, 0.4) is 0 Å². The predicted molar refractivity (Wildman–Crippen MR) is 71.7 cm³/mol. The lowest BCUT2D eigenvalue weighted by atomic mass is 10.2. The summed E-state index contributed by atoms with van der Waals surface area (Å²) in [7, 11) is 0. The molecule has 1 aromatic carbocycles. The average Bonchev–Trinajstić information content (AvgIpc) is 2.88. The second-order valence-electron chi connectivity index (χ2n) is 3.96. The number of hydrogen-bond donors (Lipinski definition) is 1. The van der Waals surface area contributed by atoms with E-state index in [0.29, 0.717) is 18.2 Å². The van der Waals surface area contributed by atoms with Gasteiger partial charge in [0.2, 0.25) is 0 Å². The number of aryl methyl sites for hydroxylation is 1. The molecule has 4 nitrogen and oxygen atoms in total. The van der Waals surface area contributed by atoms with Gasteiger partial charge in [0.25, 0.3) is 0 Å². The summed E-state index contributed by atoms with van der Waals surface area (Å²) in [5, 5.41) is 0.664. The van der Waals surface area contributed by atoms with Crippen molar-refractivity contribution in [3.05, 3.63) is 47.5 Å². The van der Waals surface area contributed by atoms with Gasteiger partial charge in [-0.3, -0.25) is 0 Å². The highest BCUT2D eigenvalue weighted by Gasteiger charge is 2.03. The highest BCUT2D eigenvalue weighted by atomic mass is 35.5. The second kappa shape index (κ2) is 6.42. The molecule has 0 atom stereocenters. The van der Waals surface area contributed by atoms with E-state index in [0.717, 1.165) is 24.3 Å². The largest absolute Gasteiger partial charge is 0.493 e. The topological polar surface area (TPSA) is 53.1 Å². The third kappa shape index (κ3) is 3.48. The minimum absolute atomic E-state index is 0.452. The molecule has 5 heteroatoms. The molecule has 0 fully saturated rings. The summed E-state index contributed by atoms with van der Waals surface area (Å²) in [6, 6.07) is 5.52. The van der Waals surface area contributed by atoms with Gasteiger partial charge in [-0.2, -0.15) is 0 Å². The predicted octanol–water partition coefficient (Wildman–Crippen LogP) is 2.46. The van der Waals surface area contributed by atoms with Gasteiger partial charge in [-0.25, -0.2) is 4.98 Å². The number of aromatic nitrogens is 2. The Morgan fingerprint density at radius 1 is 1.39 bits per heavy atom. The SMILES string of the molecule is NCc1ccc(Cl)cc1OCCCn1ccnc1. The molecule has 0 bridgehead atoms. The van der Waals surface area contributed by atoms with Crippen LogP contribution in [-0.4, -0.2) is 16.2 Å². The molecule has 2 aromatic rings. The Hall–Kier alpha value is -1.52. The monoisotopic (exact) mass is 265 g/mol. The van der Waals surface area contributed by atoms with E-state index < -0.39 is 0 Å². The number of imidazole rings is 1. The van der Waals surface area contributed by atoms with Gasteiger partial charge in [-0.05, 0) is 18.6 Å². The summed E-state index contributed by atoms with van der Waals surface area (Å²) in [5.41, 5.74) is 6.62. The van der Waals surface area contributed by atoms with Crippen molar-refractivity contribution in [3.63, 3.8) is 0 Å². The lowest BCUT2D eigenvalue weighted by Crippen LogP contribution is -2.06. The maximum Gasteiger partial charge on any atom is 0.125 e. The highest BCUT2D eigenvalue weighted by Crippen LogP contribution is 2.23. The first-order chi connectivity index (χ1) is 8.79. The van der Waals surface area contributed by atoms with Crippen LogP contribution in [0.15, 0.2) is 36.9 Å². The normalized spacial score (nSPS) is 10.6. The summed E-state index contributed by atoms with van der Waals surface area (Å²) in [6.45, 7) is 1.97. The van der Waals surface area contributed by atoms with Crippen LogP contribution in [0.2, 0.25) is 5.02 Å². The molecule has 0 saturated carbocycles. The molecular weight excluding hydrogens is 250 g/mol. The molecule has 18 heavy (non-hydrogen) atoms. The number of benzene rings is 1. The molecule has 2 N–H and O–H groups in total. The van der Waals surface area contributed by atoms with E-state index in [1.54, 1.807) is 18.6 Å². The van der Waals surface area contributed by atoms with Crippen molar-refractivity contribution in [1.29, 1.82) is 0 Å². The van der Waals surface area contributed by atoms with E-state index in [-0.39, 0.29) is 0 Å². The molecule has 0 aliphatic heterocycles. The Morgan fingerprint density at radius 3 is 3.00 bits per heavy atom. The van der Waals surface area contributed by atoms with E-state index in [4.69, 9.17) is 22.1 Å². The molecule has 1 aromatic heterocycles. The summed E-state index contributed by atoms with van der Waals surface area (Å²) in [4.78, 5) is 3.99. The van der Waals surface area contributed by atoms with Gasteiger partial charge in [0, 0.05) is 36.1 Å². The average molecular weight is 266 g/mol. The Balaban J connectivity index is 1.84. The van der Waals surface area contributed by atoms with Crippen LogP contribution in [0.1, 0.15) is 12.0 Å². The Morgan fingerprint density at radius 2 is 2.28 bits per heavy atom. The van der Waals surface area contributed by atoms with Gasteiger partial charge >= 0.3 is 0 Å². The maximum atomic E-state index is 5.93. The quantitative estimate of drug-likeness (QED) is 0.817. The summed E-state index contributed by atoms with van der Waals surface area (Å²) < 4.78 is 7.73. The van der Waals surface area contributed by atoms with Crippen LogP contribution in [0, 0.1) is 0 Å². The van der Waals surface area contributed by atoms with Crippen molar-refractivity contribution in [3.8, 4) is 5.75 Å². The molecule has 0 unspecified atom stereocenters. The fourth-order valence-corrected chi connectivity index (χ4v) is 1.84. The van der Waals surface area contributed by atoms with Gasteiger partial charge in [0.1, 0.15) is 5.75 Å². The van der Waals surface area contributed by atoms with Crippen LogP contribution in [0.25, 0.3) is 0 Å². The van der Waals surface area contributed by atoms with Crippen molar-refractivity contribution in [2.24, 2.45) is 5.73 Å². The van der Waals surface area contributed by atoms with E-state index >= 15 is 0 Å². The minimum Gasteiger partial charge on any atom is -0.493 e. The van der Waals surface area contributed by atoms with E-state index in [1.165, 1.54) is 0 Å². The number of halogens is 1. The third-order valence-corrected chi connectivity index (χ3v) is 2.86.